The minimum atomic E-state index is -0.802. The zero-order chi connectivity index (χ0) is 15.0. The van der Waals surface area contributed by atoms with Crippen LogP contribution in [0.25, 0.3) is 0 Å². The second-order valence-corrected chi connectivity index (χ2v) is 5.08. The third-order valence-corrected chi connectivity index (χ3v) is 3.42. The third-order valence-electron chi connectivity index (χ3n) is 3.42. The van der Waals surface area contributed by atoms with Gasteiger partial charge in [-0.15, -0.1) is 0 Å². The average Bonchev–Trinajstić information content (AvgIpc) is 2.45. The first-order chi connectivity index (χ1) is 9.62. The molecule has 0 fully saturated rings. The minimum Gasteiger partial charge on any atom is -0.380 e. The number of rotatable bonds is 9. The van der Waals surface area contributed by atoms with Crippen LogP contribution in [0.1, 0.15) is 38.7 Å². The number of halogens is 2. The van der Waals surface area contributed by atoms with Crippen molar-refractivity contribution in [3.05, 3.63) is 35.4 Å². The van der Waals surface area contributed by atoms with Gasteiger partial charge in [0.25, 0.3) is 0 Å². The van der Waals surface area contributed by atoms with Crippen molar-refractivity contribution in [2.45, 2.75) is 51.7 Å². The minimum absolute atomic E-state index is 0.0830. The topological polar surface area (TPSA) is 21.3 Å². The van der Waals surface area contributed by atoms with Crippen molar-refractivity contribution in [1.29, 1.82) is 0 Å². The van der Waals surface area contributed by atoms with Crippen LogP contribution >= 0.6 is 0 Å². The maximum absolute atomic E-state index is 13.3. The number of hydrogen-bond acceptors (Lipinski definition) is 2. The number of benzene rings is 1. The predicted octanol–water partition coefficient (Wildman–Crippen LogP) is 3.69. The summed E-state index contributed by atoms with van der Waals surface area (Å²) in [6.45, 7) is 5.10. The number of nitrogens with one attached hydrogen (secondary N) is 1. The van der Waals surface area contributed by atoms with Gasteiger partial charge in [0.1, 0.15) is 0 Å². The molecule has 114 valence electrons. The lowest BCUT2D eigenvalue weighted by Crippen LogP contribution is -2.43. The molecule has 0 amide bonds. The van der Waals surface area contributed by atoms with Gasteiger partial charge in [-0.1, -0.05) is 26.3 Å². The molecule has 1 aromatic rings. The summed E-state index contributed by atoms with van der Waals surface area (Å²) in [5.41, 5.74) is 0.788. The first-order valence-corrected chi connectivity index (χ1v) is 7.32. The Labute approximate surface area is 120 Å². The summed E-state index contributed by atoms with van der Waals surface area (Å²) in [7, 11) is 1.70. The standard InChI is InChI=1S/C16H25F2NO/c1-4-6-16(20-3)15(19-9-5-2)11-12-7-8-13(17)14(18)10-12/h7-8,10,15-16,19H,4-6,9,11H2,1-3H3. The van der Waals surface area contributed by atoms with Crippen molar-refractivity contribution in [1.82, 2.24) is 5.32 Å². The lowest BCUT2D eigenvalue weighted by atomic mass is 9.98. The van der Waals surface area contributed by atoms with Crippen LogP contribution in [0.3, 0.4) is 0 Å². The highest BCUT2D eigenvalue weighted by Gasteiger charge is 2.20. The Bertz CT molecular complexity index is 398. The molecule has 0 heterocycles. The van der Waals surface area contributed by atoms with Crippen LogP contribution < -0.4 is 5.32 Å². The van der Waals surface area contributed by atoms with E-state index in [4.69, 9.17) is 4.74 Å². The van der Waals surface area contributed by atoms with Crippen molar-refractivity contribution >= 4 is 0 Å². The highest BCUT2D eigenvalue weighted by molar-refractivity contribution is 5.19. The molecule has 0 aliphatic heterocycles. The molecule has 0 saturated carbocycles. The van der Waals surface area contributed by atoms with Crippen molar-refractivity contribution in [2.24, 2.45) is 0 Å². The molecule has 1 aromatic carbocycles. The van der Waals surface area contributed by atoms with Crippen LogP contribution in [0.15, 0.2) is 18.2 Å². The largest absolute Gasteiger partial charge is 0.380 e. The summed E-state index contributed by atoms with van der Waals surface area (Å²) in [6.07, 6.45) is 3.72. The maximum atomic E-state index is 13.3. The smallest absolute Gasteiger partial charge is 0.159 e. The second kappa shape index (κ2) is 9.03. The van der Waals surface area contributed by atoms with Gasteiger partial charge in [0.05, 0.1) is 6.10 Å². The molecule has 0 aromatic heterocycles. The van der Waals surface area contributed by atoms with E-state index >= 15 is 0 Å². The molecule has 2 unspecified atom stereocenters. The van der Waals surface area contributed by atoms with Gasteiger partial charge >= 0.3 is 0 Å². The Morgan fingerprint density at radius 2 is 1.90 bits per heavy atom. The summed E-state index contributed by atoms with van der Waals surface area (Å²) in [5.74, 6) is -1.59. The lowest BCUT2D eigenvalue weighted by molar-refractivity contribution is 0.0609. The fourth-order valence-corrected chi connectivity index (χ4v) is 2.35. The highest BCUT2D eigenvalue weighted by atomic mass is 19.2. The first kappa shape index (κ1) is 17.1. The monoisotopic (exact) mass is 285 g/mol. The Hall–Kier alpha value is -1.00. The molecule has 0 aliphatic carbocycles. The molecule has 1 N–H and O–H groups in total. The predicted molar refractivity (Wildman–Crippen MR) is 77.8 cm³/mol. The molecule has 1 rings (SSSR count). The number of hydrogen-bond donors (Lipinski definition) is 1. The Morgan fingerprint density at radius 1 is 1.15 bits per heavy atom. The van der Waals surface area contributed by atoms with Gasteiger partial charge < -0.3 is 10.1 Å². The van der Waals surface area contributed by atoms with Crippen molar-refractivity contribution in [2.75, 3.05) is 13.7 Å². The van der Waals surface area contributed by atoms with Gasteiger partial charge in [-0.3, -0.25) is 0 Å². The van der Waals surface area contributed by atoms with Gasteiger partial charge in [0.15, 0.2) is 11.6 Å². The van der Waals surface area contributed by atoms with Crippen LogP contribution in [-0.4, -0.2) is 25.8 Å². The summed E-state index contributed by atoms with van der Waals surface area (Å²) >= 11 is 0. The normalized spacial score (nSPS) is 14.2. The van der Waals surface area contributed by atoms with E-state index in [0.717, 1.165) is 31.4 Å². The quantitative estimate of drug-likeness (QED) is 0.747. The Balaban J connectivity index is 2.78. The zero-order valence-electron chi connectivity index (χ0n) is 12.6. The molecular formula is C16H25F2NO. The van der Waals surface area contributed by atoms with Crippen LogP contribution in [0.4, 0.5) is 8.78 Å². The van der Waals surface area contributed by atoms with Gasteiger partial charge in [-0.25, -0.2) is 8.78 Å². The molecule has 0 saturated heterocycles. The van der Waals surface area contributed by atoms with Crippen LogP contribution in [-0.2, 0) is 11.2 Å². The first-order valence-electron chi connectivity index (χ1n) is 7.32. The van der Waals surface area contributed by atoms with Crippen molar-refractivity contribution in [3.63, 3.8) is 0 Å². The van der Waals surface area contributed by atoms with E-state index in [0.29, 0.717) is 6.42 Å². The highest BCUT2D eigenvalue weighted by Crippen LogP contribution is 2.15. The number of methoxy groups -OCH3 is 1. The maximum Gasteiger partial charge on any atom is 0.159 e. The van der Waals surface area contributed by atoms with Crippen LogP contribution in [0.5, 0.6) is 0 Å². The molecule has 2 atom stereocenters. The Morgan fingerprint density at radius 3 is 2.45 bits per heavy atom. The fraction of sp³-hybridized carbons (Fsp3) is 0.625. The van der Waals surface area contributed by atoms with E-state index in [9.17, 15) is 8.78 Å². The average molecular weight is 285 g/mol. The van der Waals surface area contributed by atoms with E-state index < -0.39 is 11.6 Å². The van der Waals surface area contributed by atoms with Gasteiger partial charge in [-0.05, 0) is 43.5 Å². The van der Waals surface area contributed by atoms with Crippen LogP contribution in [0, 0.1) is 11.6 Å². The van der Waals surface area contributed by atoms with E-state index in [1.807, 2.05) is 0 Å². The van der Waals surface area contributed by atoms with Crippen LogP contribution in [0.2, 0.25) is 0 Å². The molecule has 20 heavy (non-hydrogen) atoms. The van der Waals surface area contributed by atoms with Crippen molar-refractivity contribution in [3.8, 4) is 0 Å². The molecular weight excluding hydrogens is 260 g/mol. The van der Waals surface area contributed by atoms with E-state index in [2.05, 4.69) is 19.2 Å². The summed E-state index contributed by atoms with van der Waals surface area (Å²) < 4.78 is 31.8. The zero-order valence-corrected chi connectivity index (χ0v) is 12.6. The Kier molecular flexibility index (Phi) is 7.70. The summed E-state index contributed by atoms with van der Waals surface area (Å²) in [4.78, 5) is 0. The van der Waals surface area contributed by atoms with Gasteiger partial charge in [0.2, 0.25) is 0 Å². The SMILES string of the molecule is CCCNC(Cc1ccc(F)c(F)c1)C(CCC)OC. The molecule has 2 nitrogen and oxygen atoms in total. The number of ether oxygens (including phenoxy) is 1. The van der Waals surface area contributed by atoms with E-state index in [-0.39, 0.29) is 12.1 Å². The van der Waals surface area contributed by atoms with E-state index in [1.165, 1.54) is 12.1 Å². The van der Waals surface area contributed by atoms with Gasteiger partial charge in [0, 0.05) is 13.2 Å². The second-order valence-electron chi connectivity index (χ2n) is 5.08. The molecule has 0 spiro atoms. The third kappa shape index (κ3) is 5.17. The van der Waals surface area contributed by atoms with Gasteiger partial charge in [-0.2, -0.15) is 0 Å². The van der Waals surface area contributed by atoms with Crippen molar-refractivity contribution < 1.29 is 13.5 Å². The summed E-state index contributed by atoms with van der Waals surface area (Å²) in [5, 5.41) is 3.45. The fourth-order valence-electron chi connectivity index (χ4n) is 2.35. The van der Waals surface area contributed by atoms with E-state index in [1.54, 1.807) is 13.2 Å². The molecule has 4 heteroatoms. The molecule has 0 aliphatic rings. The molecule has 0 bridgehead atoms. The molecule has 0 radical (unpaired) electrons. The lowest BCUT2D eigenvalue weighted by Gasteiger charge is -2.27. The summed E-state index contributed by atoms with van der Waals surface area (Å²) in [6, 6.07) is 4.21.